The number of nitrogens with one attached hydrogen (secondary N) is 1. The van der Waals surface area contributed by atoms with Gasteiger partial charge in [0.1, 0.15) is 23.3 Å². The zero-order valence-electron chi connectivity index (χ0n) is 17.6. The van der Waals surface area contributed by atoms with Gasteiger partial charge in [-0.3, -0.25) is 0 Å². The van der Waals surface area contributed by atoms with Gasteiger partial charge in [-0.15, -0.1) is 0 Å². The van der Waals surface area contributed by atoms with E-state index >= 15 is 0 Å². The van der Waals surface area contributed by atoms with E-state index in [-0.39, 0.29) is 52.8 Å². The van der Waals surface area contributed by atoms with Crippen LogP contribution in [0.3, 0.4) is 0 Å². The van der Waals surface area contributed by atoms with Crippen molar-refractivity contribution in [1.29, 1.82) is 0 Å². The molecule has 0 bridgehead atoms. The maximum Gasteiger partial charge on any atom is 0.407 e. The van der Waals surface area contributed by atoms with Gasteiger partial charge in [-0.25, -0.2) is 22.4 Å². The summed E-state index contributed by atoms with van der Waals surface area (Å²) in [6.45, 7) is -0.106. The standard InChI is InChI=1S/C21H17F4N7O2/c1-34-21(33)28-8-13-18(26)29-20(30-19(13)27)32-16-3-2-10(22)6-12(16)15(31-32)5-9-4-11(23)7-14(24)17(9)25/h2-4,6-7H,5,8H2,1H3,(H,28,33)(H4,26,27,29,30). The molecular weight excluding hydrogens is 458 g/mol. The predicted molar refractivity (Wildman–Crippen MR) is 114 cm³/mol. The third-order valence-corrected chi connectivity index (χ3v) is 4.99. The number of alkyl carbamates (subject to hydrolysis) is 1. The maximum absolute atomic E-state index is 14.2. The lowest BCUT2D eigenvalue weighted by Gasteiger charge is -2.11. The fraction of sp³-hybridized carbons (Fsp3) is 0.143. The lowest BCUT2D eigenvalue weighted by molar-refractivity contribution is 0.170. The van der Waals surface area contributed by atoms with Gasteiger partial charge >= 0.3 is 6.09 Å². The number of nitrogen functional groups attached to an aromatic ring is 2. The van der Waals surface area contributed by atoms with Crippen molar-refractivity contribution in [3.8, 4) is 5.95 Å². The van der Waals surface area contributed by atoms with Crippen LogP contribution < -0.4 is 16.8 Å². The smallest absolute Gasteiger partial charge is 0.407 e. The maximum atomic E-state index is 14.2. The molecule has 176 valence electrons. The first kappa shape index (κ1) is 22.8. The van der Waals surface area contributed by atoms with Crippen LogP contribution in [0.5, 0.6) is 0 Å². The van der Waals surface area contributed by atoms with Crippen molar-refractivity contribution in [2.24, 2.45) is 0 Å². The average Bonchev–Trinajstić information content (AvgIpc) is 3.13. The Morgan fingerprint density at radius 1 is 1.06 bits per heavy atom. The normalized spacial score (nSPS) is 11.1. The van der Waals surface area contributed by atoms with Crippen LogP contribution in [0.4, 0.5) is 34.0 Å². The molecule has 5 N–H and O–H groups in total. The summed E-state index contributed by atoms with van der Waals surface area (Å²) in [6.07, 6.45) is -1.06. The second kappa shape index (κ2) is 8.84. The Morgan fingerprint density at radius 2 is 1.76 bits per heavy atom. The largest absolute Gasteiger partial charge is 0.453 e. The zero-order chi connectivity index (χ0) is 24.6. The molecule has 0 unspecified atom stereocenters. The third kappa shape index (κ3) is 4.27. The van der Waals surface area contributed by atoms with Gasteiger partial charge < -0.3 is 21.5 Å². The van der Waals surface area contributed by atoms with E-state index in [1.165, 1.54) is 17.9 Å². The number of carbonyl (C=O) groups is 1. The van der Waals surface area contributed by atoms with Crippen molar-refractivity contribution in [3.63, 3.8) is 0 Å². The van der Waals surface area contributed by atoms with Gasteiger partial charge in [0.25, 0.3) is 5.95 Å². The van der Waals surface area contributed by atoms with Crippen molar-refractivity contribution in [3.05, 3.63) is 70.4 Å². The molecule has 2 aromatic heterocycles. The molecule has 0 saturated heterocycles. The van der Waals surface area contributed by atoms with Crippen LogP contribution in [0.15, 0.2) is 30.3 Å². The number of fused-ring (bicyclic) bond motifs is 1. The first-order valence-corrected chi connectivity index (χ1v) is 9.72. The van der Waals surface area contributed by atoms with E-state index < -0.39 is 29.4 Å². The highest BCUT2D eigenvalue weighted by Gasteiger charge is 2.20. The van der Waals surface area contributed by atoms with Gasteiger partial charge in [-0.05, 0) is 29.8 Å². The monoisotopic (exact) mass is 475 g/mol. The van der Waals surface area contributed by atoms with Crippen LogP contribution >= 0.6 is 0 Å². The van der Waals surface area contributed by atoms with Crippen LogP contribution in [-0.4, -0.2) is 33.0 Å². The minimum Gasteiger partial charge on any atom is -0.453 e. The van der Waals surface area contributed by atoms with E-state index in [4.69, 9.17) is 11.5 Å². The van der Waals surface area contributed by atoms with Gasteiger partial charge in [0.15, 0.2) is 11.6 Å². The van der Waals surface area contributed by atoms with Crippen LogP contribution in [0.1, 0.15) is 16.8 Å². The van der Waals surface area contributed by atoms with E-state index in [1.54, 1.807) is 0 Å². The molecule has 0 saturated carbocycles. The number of benzene rings is 2. The summed E-state index contributed by atoms with van der Waals surface area (Å²) >= 11 is 0. The first-order valence-electron chi connectivity index (χ1n) is 9.72. The van der Waals surface area contributed by atoms with E-state index in [0.717, 1.165) is 18.2 Å². The number of anilines is 2. The molecule has 13 heteroatoms. The van der Waals surface area contributed by atoms with Crippen molar-refractivity contribution < 1.29 is 27.1 Å². The SMILES string of the molecule is COC(=O)NCc1c(N)nc(-n2nc(Cc3cc(F)cc(F)c3F)c3cc(F)ccc32)nc1N. The number of rotatable bonds is 5. The molecule has 0 fully saturated rings. The number of nitrogens with zero attached hydrogens (tertiary/aromatic N) is 4. The van der Waals surface area contributed by atoms with Crippen molar-refractivity contribution in [1.82, 2.24) is 25.1 Å². The lowest BCUT2D eigenvalue weighted by Crippen LogP contribution is -2.24. The molecule has 0 aliphatic rings. The van der Waals surface area contributed by atoms with E-state index in [2.05, 4.69) is 25.1 Å². The number of amides is 1. The highest BCUT2D eigenvalue weighted by Crippen LogP contribution is 2.27. The molecule has 2 aromatic carbocycles. The molecule has 0 aliphatic carbocycles. The number of aromatic nitrogens is 4. The number of carbonyl (C=O) groups excluding carboxylic acids is 1. The summed E-state index contributed by atoms with van der Waals surface area (Å²) in [7, 11) is 1.19. The molecule has 34 heavy (non-hydrogen) atoms. The van der Waals surface area contributed by atoms with Crippen molar-refractivity contribution >= 4 is 28.6 Å². The fourth-order valence-electron chi connectivity index (χ4n) is 3.37. The van der Waals surface area contributed by atoms with Gasteiger partial charge in [0.05, 0.1) is 30.4 Å². The van der Waals surface area contributed by atoms with Crippen molar-refractivity contribution in [2.45, 2.75) is 13.0 Å². The quantitative estimate of drug-likeness (QED) is 0.298. The molecule has 4 rings (SSSR count). The minimum atomic E-state index is -1.36. The Morgan fingerprint density at radius 3 is 2.44 bits per heavy atom. The highest BCUT2D eigenvalue weighted by molar-refractivity contribution is 5.83. The first-order chi connectivity index (χ1) is 16.2. The van der Waals surface area contributed by atoms with Crippen LogP contribution in [-0.2, 0) is 17.7 Å². The van der Waals surface area contributed by atoms with E-state index in [1.807, 2.05) is 0 Å². The van der Waals surface area contributed by atoms with Gasteiger partial charge in [-0.2, -0.15) is 19.7 Å². The summed E-state index contributed by atoms with van der Waals surface area (Å²) < 4.78 is 61.2. The summed E-state index contributed by atoms with van der Waals surface area (Å²) in [5.74, 6) is -4.40. The second-order valence-corrected chi connectivity index (χ2v) is 7.18. The molecule has 9 nitrogen and oxygen atoms in total. The van der Waals surface area contributed by atoms with Crippen molar-refractivity contribution in [2.75, 3.05) is 18.6 Å². The van der Waals surface area contributed by atoms with E-state index in [0.29, 0.717) is 11.6 Å². The summed E-state index contributed by atoms with van der Waals surface area (Å²) in [5, 5.41) is 6.95. The Kier molecular flexibility index (Phi) is 5.92. The number of hydrogen-bond donors (Lipinski definition) is 3. The Hall–Kier alpha value is -4.42. The van der Waals surface area contributed by atoms with Gasteiger partial charge in [0.2, 0.25) is 0 Å². The minimum absolute atomic E-state index is 0.0653. The molecule has 2 heterocycles. The lowest BCUT2D eigenvalue weighted by atomic mass is 10.1. The third-order valence-electron chi connectivity index (χ3n) is 4.99. The number of methoxy groups -OCH3 is 1. The molecular formula is C21H17F4N7O2. The molecule has 0 atom stereocenters. The molecule has 1 amide bonds. The molecule has 0 spiro atoms. The fourth-order valence-corrected chi connectivity index (χ4v) is 3.37. The van der Waals surface area contributed by atoms with Gasteiger partial charge in [0, 0.05) is 17.9 Å². The Balaban J connectivity index is 1.80. The molecule has 0 radical (unpaired) electrons. The number of ether oxygens (including phenoxy) is 1. The number of hydrogen-bond acceptors (Lipinski definition) is 7. The average molecular weight is 475 g/mol. The van der Waals surface area contributed by atoms with Crippen LogP contribution in [0.2, 0.25) is 0 Å². The predicted octanol–water partition coefficient (Wildman–Crippen LogP) is 2.98. The highest BCUT2D eigenvalue weighted by atomic mass is 19.2. The Bertz CT molecular complexity index is 1400. The second-order valence-electron chi connectivity index (χ2n) is 7.18. The zero-order valence-corrected chi connectivity index (χ0v) is 17.6. The topological polar surface area (TPSA) is 134 Å². The van der Waals surface area contributed by atoms with Crippen LogP contribution in [0, 0.1) is 23.3 Å². The summed E-state index contributed by atoms with van der Waals surface area (Å²) in [6, 6.07) is 4.94. The summed E-state index contributed by atoms with van der Waals surface area (Å²) in [5.41, 5.74) is 12.3. The molecule has 4 aromatic rings. The Labute approximate surface area is 189 Å². The van der Waals surface area contributed by atoms with E-state index in [9.17, 15) is 22.4 Å². The number of nitrogens with two attached hydrogens (primary N) is 2. The summed E-state index contributed by atoms with van der Waals surface area (Å²) in [4.78, 5) is 19.6. The van der Waals surface area contributed by atoms with Crippen LogP contribution in [0.25, 0.3) is 16.9 Å². The molecule has 0 aliphatic heterocycles. The number of halogens is 4. The van der Waals surface area contributed by atoms with Gasteiger partial charge in [-0.1, -0.05) is 0 Å².